The van der Waals surface area contributed by atoms with Crippen LogP contribution < -0.4 is 5.14 Å². The van der Waals surface area contributed by atoms with Crippen molar-refractivity contribution in [1.29, 1.82) is 4.78 Å². The smallest absolute Gasteiger partial charge is 0.245 e. The van der Waals surface area contributed by atoms with Gasteiger partial charge >= 0.3 is 0 Å². The van der Waals surface area contributed by atoms with Crippen LogP contribution in [-0.2, 0) is 19.4 Å². The Bertz CT molecular complexity index is 229. The van der Waals surface area contributed by atoms with Gasteiger partial charge in [-0.3, -0.25) is 0 Å². The summed E-state index contributed by atoms with van der Waals surface area (Å²) in [5, 5.41) is 4.77. The minimum Gasteiger partial charge on any atom is -0.460 e. The van der Waals surface area contributed by atoms with Crippen LogP contribution in [0.4, 0.5) is 0 Å². The molecule has 5 nitrogen and oxygen atoms in total. The van der Waals surface area contributed by atoms with E-state index < -0.39 is 9.92 Å². The van der Waals surface area contributed by atoms with E-state index in [1.54, 1.807) is 0 Å². The molecule has 0 aromatic heterocycles. The first kappa shape index (κ1) is 6.37. The van der Waals surface area contributed by atoms with Crippen LogP contribution in [0.25, 0.3) is 0 Å². The number of nitrogens with two attached hydrogens (primary N) is 1. The highest BCUT2D eigenvalue weighted by Crippen LogP contribution is 2.10. The molecule has 1 unspecified atom stereocenters. The van der Waals surface area contributed by atoms with Crippen LogP contribution >= 0.6 is 0 Å². The molecule has 0 saturated carbocycles. The highest BCUT2D eigenvalue weighted by molar-refractivity contribution is 7.93. The van der Waals surface area contributed by atoms with E-state index in [0.717, 1.165) is 6.26 Å². The highest BCUT2D eigenvalue weighted by Gasteiger charge is 2.14. The van der Waals surface area contributed by atoms with Crippen molar-refractivity contribution >= 4 is 9.92 Å². The van der Waals surface area contributed by atoms with Gasteiger partial charge in [-0.1, -0.05) is 0 Å². The van der Waals surface area contributed by atoms with Crippen LogP contribution in [0.1, 0.15) is 0 Å². The van der Waals surface area contributed by atoms with Crippen molar-refractivity contribution in [3.8, 4) is 0 Å². The van der Waals surface area contributed by atoms with Gasteiger partial charge in [0.2, 0.25) is 11.9 Å². The van der Waals surface area contributed by atoms with E-state index in [1.807, 2.05) is 0 Å². The Morgan fingerprint density at radius 3 is 2.78 bits per heavy atom. The number of hydrogen-bond donors (Lipinski definition) is 2. The Labute approximate surface area is 52.5 Å². The molecule has 0 amide bonds. The molecule has 9 heavy (non-hydrogen) atoms. The van der Waals surface area contributed by atoms with E-state index in [9.17, 15) is 4.21 Å². The van der Waals surface area contributed by atoms with E-state index in [-0.39, 0.29) is 11.9 Å². The SMILES string of the molecule is N=S(N)(=O)C1=COCO1. The average molecular weight is 150 g/mol. The molecule has 1 aliphatic heterocycles. The maximum absolute atomic E-state index is 10.6. The van der Waals surface area contributed by atoms with Gasteiger partial charge in [0.05, 0.1) is 0 Å². The Morgan fingerprint density at radius 2 is 2.56 bits per heavy atom. The lowest BCUT2D eigenvalue weighted by atomic mass is 11.1. The molecule has 3 N–H and O–H groups in total. The molecule has 1 heterocycles. The van der Waals surface area contributed by atoms with E-state index in [4.69, 9.17) is 9.92 Å². The second-order valence-corrected chi connectivity index (χ2v) is 3.07. The number of rotatable bonds is 1. The molecule has 1 rings (SSSR count). The molecule has 52 valence electrons. The molecule has 6 heteroatoms. The Balaban J connectivity index is 2.87. The first-order valence-corrected chi connectivity index (χ1v) is 3.74. The summed E-state index contributed by atoms with van der Waals surface area (Å²) in [6.45, 7) is 0.00238. The highest BCUT2D eigenvalue weighted by atomic mass is 32.2. The van der Waals surface area contributed by atoms with Gasteiger partial charge in [-0.05, 0) is 0 Å². The summed E-state index contributed by atoms with van der Waals surface area (Å²) in [4.78, 5) is 0. The lowest BCUT2D eigenvalue weighted by molar-refractivity contribution is 0.0880. The number of nitrogens with one attached hydrogen (secondary N) is 1. The molecule has 0 fully saturated rings. The quantitative estimate of drug-likeness (QED) is 0.538. The Hall–Kier alpha value is -0.750. The Kier molecular flexibility index (Phi) is 1.34. The summed E-state index contributed by atoms with van der Waals surface area (Å²) >= 11 is 0. The zero-order valence-corrected chi connectivity index (χ0v) is 5.31. The maximum Gasteiger partial charge on any atom is 0.245 e. The van der Waals surface area contributed by atoms with Gasteiger partial charge in [0.25, 0.3) is 0 Å². The minimum atomic E-state index is -3.19. The second-order valence-electron chi connectivity index (χ2n) is 1.47. The maximum atomic E-state index is 10.6. The molecular formula is C3H6N2O3S. The van der Waals surface area contributed by atoms with Gasteiger partial charge in [0.15, 0.2) is 9.92 Å². The van der Waals surface area contributed by atoms with Crippen molar-refractivity contribution < 1.29 is 13.7 Å². The number of hydrogen-bond acceptors (Lipinski definition) is 4. The molecule has 0 aliphatic carbocycles. The Morgan fingerprint density at radius 1 is 1.89 bits per heavy atom. The third-order valence-corrected chi connectivity index (χ3v) is 1.56. The summed E-state index contributed by atoms with van der Waals surface area (Å²) in [7, 11) is -3.19. The van der Waals surface area contributed by atoms with Crippen molar-refractivity contribution in [2.24, 2.45) is 5.14 Å². The van der Waals surface area contributed by atoms with Crippen molar-refractivity contribution in [1.82, 2.24) is 0 Å². The van der Waals surface area contributed by atoms with Crippen LogP contribution in [0.3, 0.4) is 0 Å². The van der Waals surface area contributed by atoms with Gasteiger partial charge < -0.3 is 9.47 Å². The summed E-state index contributed by atoms with van der Waals surface area (Å²) in [5.41, 5.74) is 0. The van der Waals surface area contributed by atoms with Gasteiger partial charge in [0, 0.05) is 0 Å². The van der Waals surface area contributed by atoms with Gasteiger partial charge in [-0.25, -0.2) is 14.1 Å². The third kappa shape index (κ3) is 1.33. The molecule has 0 aromatic rings. The van der Waals surface area contributed by atoms with Crippen LogP contribution in [0.5, 0.6) is 0 Å². The molecule has 1 atom stereocenters. The fourth-order valence-electron chi connectivity index (χ4n) is 0.387. The summed E-state index contributed by atoms with van der Waals surface area (Å²) in [6, 6.07) is 0. The molecule has 0 spiro atoms. The van der Waals surface area contributed by atoms with Crippen LogP contribution in [-0.4, -0.2) is 11.0 Å². The monoisotopic (exact) mass is 150 g/mol. The van der Waals surface area contributed by atoms with Crippen molar-refractivity contribution in [3.05, 3.63) is 11.4 Å². The predicted molar refractivity (Wildman–Crippen MR) is 30.2 cm³/mol. The molecule has 0 saturated heterocycles. The van der Waals surface area contributed by atoms with E-state index in [2.05, 4.69) is 9.47 Å². The van der Waals surface area contributed by atoms with Crippen molar-refractivity contribution in [3.63, 3.8) is 0 Å². The predicted octanol–water partition coefficient (Wildman–Crippen LogP) is -0.290. The van der Waals surface area contributed by atoms with Crippen molar-refractivity contribution in [2.75, 3.05) is 6.79 Å². The zero-order valence-electron chi connectivity index (χ0n) is 4.49. The molecule has 0 aromatic carbocycles. The topological polar surface area (TPSA) is 85.4 Å². The lowest BCUT2D eigenvalue weighted by Crippen LogP contribution is -2.12. The molecular weight excluding hydrogens is 144 g/mol. The van der Waals surface area contributed by atoms with Crippen LogP contribution in [0, 0.1) is 4.78 Å². The lowest BCUT2D eigenvalue weighted by Gasteiger charge is -1.97. The second kappa shape index (κ2) is 1.89. The summed E-state index contributed by atoms with van der Waals surface area (Å²) in [6.07, 6.45) is 1.09. The van der Waals surface area contributed by atoms with E-state index >= 15 is 0 Å². The van der Waals surface area contributed by atoms with Crippen molar-refractivity contribution in [2.45, 2.75) is 0 Å². The average Bonchev–Trinajstić information content (AvgIpc) is 2.08. The molecule has 0 bridgehead atoms. The number of ether oxygens (including phenoxy) is 2. The molecule has 0 radical (unpaired) electrons. The van der Waals surface area contributed by atoms with Crippen LogP contribution in [0.2, 0.25) is 0 Å². The summed E-state index contributed by atoms with van der Waals surface area (Å²) < 4.78 is 26.4. The van der Waals surface area contributed by atoms with Crippen LogP contribution in [0.15, 0.2) is 11.4 Å². The van der Waals surface area contributed by atoms with E-state index in [0.29, 0.717) is 0 Å². The normalized spacial score (nSPS) is 23.4. The van der Waals surface area contributed by atoms with Gasteiger partial charge in [-0.15, -0.1) is 0 Å². The van der Waals surface area contributed by atoms with E-state index in [1.165, 1.54) is 0 Å². The largest absolute Gasteiger partial charge is 0.460 e. The third-order valence-electron chi connectivity index (χ3n) is 0.748. The fourth-order valence-corrected chi connectivity index (χ4v) is 0.821. The van der Waals surface area contributed by atoms with Gasteiger partial charge in [-0.2, -0.15) is 0 Å². The minimum absolute atomic E-state index is 0.00238. The first-order chi connectivity index (χ1) is 4.11. The zero-order chi connectivity index (χ0) is 6.91. The fraction of sp³-hybridized carbons (Fsp3) is 0.333. The summed E-state index contributed by atoms with van der Waals surface area (Å²) in [5.74, 6) is 0. The van der Waals surface area contributed by atoms with Gasteiger partial charge in [0.1, 0.15) is 6.26 Å². The first-order valence-electron chi connectivity index (χ1n) is 2.12. The standard InChI is InChI=1S/C3H6N2O3S/c4-9(5,6)3-1-7-2-8-3/h1H,2H2,(H3,4,5,6). The molecule has 1 aliphatic rings.